The van der Waals surface area contributed by atoms with E-state index in [4.69, 9.17) is 23.2 Å². The second-order valence-electron chi connectivity index (χ2n) is 8.65. The first-order valence-electron chi connectivity index (χ1n) is 11.3. The highest BCUT2D eigenvalue weighted by Crippen LogP contribution is 2.45. The van der Waals surface area contributed by atoms with E-state index in [0.29, 0.717) is 10.0 Å². The number of benzene rings is 2. The first-order chi connectivity index (χ1) is 15.5. The number of halogens is 2. The van der Waals surface area contributed by atoms with Gasteiger partial charge in [0.25, 0.3) is 0 Å². The van der Waals surface area contributed by atoms with Crippen molar-refractivity contribution in [2.24, 2.45) is 0 Å². The van der Waals surface area contributed by atoms with Crippen molar-refractivity contribution in [3.05, 3.63) is 46.4 Å². The second kappa shape index (κ2) is 11.6. The largest absolute Gasteiger partial charge is 0.391 e. The third kappa shape index (κ3) is 6.43. The van der Waals surface area contributed by atoms with Crippen LogP contribution < -0.4 is 10.6 Å². The summed E-state index contributed by atoms with van der Waals surface area (Å²) in [4.78, 5) is 2.13. The molecule has 2 aliphatic carbocycles. The van der Waals surface area contributed by atoms with E-state index < -0.39 is 0 Å². The lowest BCUT2D eigenvalue weighted by atomic mass is 9.92. The molecular formula is C24H30Cl2N2O2S2. The summed E-state index contributed by atoms with van der Waals surface area (Å²) in [7, 11) is 3.30. The van der Waals surface area contributed by atoms with Gasteiger partial charge in [-0.3, -0.25) is 0 Å². The van der Waals surface area contributed by atoms with Crippen molar-refractivity contribution in [1.29, 1.82) is 0 Å². The Balaban J connectivity index is 1.48. The summed E-state index contributed by atoms with van der Waals surface area (Å²) in [5.74, 6) is 0. The van der Waals surface area contributed by atoms with E-state index in [0.717, 1.165) is 72.5 Å². The smallest absolute Gasteiger partial charge is 0.0741 e. The molecule has 0 saturated heterocycles. The van der Waals surface area contributed by atoms with Gasteiger partial charge >= 0.3 is 0 Å². The molecular weight excluding hydrogens is 483 g/mol. The lowest BCUT2D eigenvalue weighted by molar-refractivity contribution is 0.116. The summed E-state index contributed by atoms with van der Waals surface area (Å²) >= 11 is 12.6. The van der Waals surface area contributed by atoms with E-state index in [1.54, 1.807) is 21.6 Å². The number of nitrogens with one attached hydrogen (secondary N) is 2. The van der Waals surface area contributed by atoms with Crippen LogP contribution >= 0.6 is 44.8 Å². The van der Waals surface area contributed by atoms with Crippen molar-refractivity contribution in [2.75, 3.05) is 10.6 Å². The summed E-state index contributed by atoms with van der Waals surface area (Å²) in [5.41, 5.74) is 1.90. The highest BCUT2D eigenvalue weighted by molar-refractivity contribution is 8.76. The zero-order valence-electron chi connectivity index (χ0n) is 17.9. The standard InChI is InChI=1S/C24H30Cl2N2O2S2/c25-15-9-11-23(19(13-15)27-17-5-1-3-7-21(17)29)31-32-24-12-10-16(26)14-20(24)28-18-6-2-4-8-22(18)30/h9-14,17-18,21-22,27-30H,1-8H2/t17-,18-,21+,22+/m0/s1. The molecule has 0 aromatic heterocycles. The molecule has 2 aromatic rings. The number of anilines is 2. The van der Waals surface area contributed by atoms with Gasteiger partial charge in [-0.1, -0.05) is 70.5 Å². The fourth-order valence-corrected chi connectivity index (χ4v) is 7.02. The van der Waals surface area contributed by atoms with Crippen LogP contribution in [0.2, 0.25) is 10.0 Å². The average molecular weight is 514 g/mol. The van der Waals surface area contributed by atoms with Crippen LogP contribution in [0.25, 0.3) is 0 Å². The van der Waals surface area contributed by atoms with Crippen LogP contribution in [0.15, 0.2) is 46.2 Å². The van der Waals surface area contributed by atoms with Crippen LogP contribution in [0, 0.1) is 0 Å². The molecule has 2 saturated carbocycles. The normalized spacial score (nSPS) is 26.0. The maximum atomic E-state index is 10.4. The molecule has 0 bridgehead atoms. The van der Waals surface area contributed by atoms with E-state index in [1.165, 1.54) is 0 Å². The SMILES string of the molecule is O[C@@H]1CCCC[C@@H]1Nc1cc(Cl)ccc1SSc1ccc(Cl)cc1N[C@H]1CCCC[C@H]1O. The van der Waals surface area contributed by atoms with Gasteiger partial charge in [0.2, 0.25) is 0 Å². The minimum atomic E-state index is -0.331. The summed E-state index contributed by atoms with van der Waals surface area (Å²) in [5, 5.41) is 29.2. The van der Waals surface area contributed by atoms with Crippen LogP contribution in [-0.2, 0) is 0 Å². The van der Waals surface area contributed by atoms with Crippen molar-refractivity contribution in [3.8, 4) is 0 Å². The highest BCUT2D eigenvalue weighted by atomic mass is 35.5. The monoisotopic (exact) mass is 512 g/mol. The van der Waals surface area contributed by atoms with Gasteiger partial charge < -0.3 is 20.8 Å². The first-order valence-corrected chi connectivity index (χ1v) is 14.2. The molecule has 4 N–H and O–H groups in total. The predicted octanol–water partition coefficient (Wildman–Crippen LogP) is 7.22. The van der Waals surface area contributed by atoms with Gasteiger partial charge in [-0.05, 0) is 62.1 Å². The van der Waals surface area contributed by atoms with Gasteiger partial charge in [-0.2, -0.15) is 0 Å². The van der Waals surface area contributed by atoms with Gasteiger partial charge in [0.05, 0.1) is 35.7 Å². The molecule has 174 valence electrons. The molecule has 4 atom stereocenters. The zero-order chi connectivity index (χ0) is 22.5. The Labute approximate surface area is 208 Å². The minimum Gasteiger partial charge on any atom is -0.391 e. The van der Waals surface area contributed by atoms with Crippen LogP contribution in [0.4, 0.5) is 11.4 Å². The molecule has 2 aliphatic rings. The summed E-state index contributed by atoms with van der Waals surface area (Å²) in [6, 6.07) is 11.8. The van der Waals surface area contributed by atoms with Gasteiger partial charge in [0, 0.05) is 19.8 Å². The molecule has 0 radical (unpaired) electrons. The molecule has 32 heavy (non-hydrogen) atoms. The van der Waals surface area contributed by atoms with Crippen molar-refractivity contribution >= 4 is 56.2 Å². The third-order valence-corrected chi connectivity index (χ3v) is 9.20. The van der Waals surface area contributed by atoms with Gasteiger partial charge in [-0.15, -0.1) is 0 Å². The zero-order valence-corrected chi connectivity index (χ0v) is 21.0. The van der Waals surface area contributed by atoms with E-state index in [2.05, 4.69) is 10.6 Å². The summed E-state index contributed by atoms with van der Waals surface area (Å²) in [6.45, 7) is 0. The highest BCUT2D eigenvalue weighted by Gasteiger charge is 2.25. The molecule has 2 aromatic carbocycles. The number of aliphatic hydroxyl groups excluding tert-OH is 2. The molecule has 4 rings (SSSR count). The lowest BCUT2D eigenvalue weighted by Gasteiger charge is -2.30. The molecule has 0 aliphatic heterocycles. The number of hydrogen-bond acceptors (Lipinski definition) is 6. The fourth-order valence-electron chi connectivity index (χ4n) is 4.42. The van der Waals surface area contributed by atoms with E-state index in [-0.39, 0.29) is 24.3 Å². The second-order valence-corrected chi connectivity index (χ2v) is 11.7. The maximum absolute atomic E-state index is 10.4. The van der Waals surface area contributed by atoms with Crippen molar-refractivity contribution in [3.63, 3.8) is 0 Å². The number of rotatable bonds is 7. The van der Waals surface area contributed by atoms with Crippen LogP contribution in [0.5, 0.6) is 0 Å². The Morgan fingerprint density at radius 3 is 1.47 bits per heavy atom. The Kier molecular flexibility index (Phi) is 8.82. The maximum Gasteiger partial charge on any atom is 0.0741 e. The molecule has 0 spiro atoms. The number of aliphatic hydroxyl groups is 2. The van der Waals surface area contributed by atoms with E-state index in [1.807, 2.05) is 36.4 Å². The quantitative estimate of drug-likeness (QED) is 0.293. The fraction of sp³-hybridized carbons (Fsp3) is 0.500. The Bertz CT molecular complexity index is 844. The van der Waals surface area contributed by atoms with E-state index in [9.17, 15) is 10.2 Å². The average Bonchev–Trinajstić information content (AvgIpc) is 2.77. The van der Waals surface area contributed by atoms with Crippen molar-refractivity contribution < 1.29 is 10.2 Å². The number of hydrogen-bond donors (Lipinski definition) is 4. The molecule has 0 heterocycles. The summed E-state index contributed by atoms with van der Waals surface area (Å²) < 4.78 is 0. The summed E-state index contributed by atoms with van der Waals surface area (Å²) in [6.07, 6.45) is 7.33. The molecule has 0 unspecified atom stereocenters. The molecule has 2 fully saturated rings. The van der Waals surface area contributed by atoms with Crippen molar-refractivity contribution in [1.82, 2.24) is 0 Å². The van der Waals surface area contributed by atoms with Gasteiger partial charge in [0.1, 0.15) is 0 Å². The van der Waals surface area contributed by atoms with E-state index >= 15 is 0 Å². The van der Waals surface area contributed by atoms with Gasteiger partial charge in [0.15, 0.2) is 0 Å². The third-order valence-electron chi connectivity index (χ3n) is 6.25. The molecule has 8 heteroatoms. The first kappa shape index (κ1) is 24.4. The molecule has 4 nitrogen and oxygen atoms in total. The van der Waals surface area contributed by atoms with Gasteiger partial charge in [-0.25, -0.2) is 0 Å². The lowest BCUT2D eigenvalue weighted by Crippen LogP contribution is -2.36. The van der Waals surface area contributed by atoms with Crippen LogP contribution in [0.3, 0.4) is 0 Å². The van der Waals surface area contributed by atoms with Crippen LogP contribution in [0.1, 0.15) is 51.4 Å². The Hall–Kier alpha value is -0.760. The van der Waals surface area contributed by atoms with Crippen LogP contribution in [-0.4, -0.2) is 34.5 Å². The Morgan fingerprint density at radius 2 is 1.06 bits per heavy atom. The Morgan fingerprint density at radius 1 is 0.656 bits per heavy atom. The topological polar surface area (TPSA) is 64.5 Å². The molecule has 0 amide bonds. The van der Waals surface area contributed by atoms with Crippen molar-refractivity contribution in [2.45, 2.75) is 85.4 Å². The minimum absolute atomic E-state index is 0.0483. The predicted molar refractivity (Wildman–Crippen MR) is 138 cm³/mol.